The number of hydrogen-bond acceptors (Lipinski definition) is 4. The quantitative estimate of drug-likeness (QED) is 0.797. The Kier molecular flexibility index (Phi) is 6.74. The van der Waals surface area contributed by atoms with Crippen LogP contribution in [0, 0.1) is 5.92 Å². The molecule has 4 nitrogen and oxygen atoms in total. The van der Waals surface area contributed by atoms with Crippen molar-refractivity contribution < 1.29 is 5.11 Å². The van der Waals surface area contributed by atoms with E-state index in [0.29, 0.717) is 6.04 Å². The Morgan fingerprint density at radius 1 is 1.12 bits per heavy atom. The second-order valence-corrected chi connectivity index (χ2v) is 7.89. The van der Waals surface area contributed by atoms with Gasteiger partial charge in [-0.25, -0.2) is 0 Å². The number of anilines is 1. The van der Waals surface area contributed by atoms with Crippen LogP contribution >= 0.6 is 0 Å². The molecule has 1 aromatic rings. The molecular formula is C21H35N3O. The standard InChI is InChI=1S/C21H35N3O/c1-3-11-23-12-8-18(16-23)15-22-17(2)19-4-6-20(7-5-19)24-13-9-21(25)10-14-24/h4-7,17-18,21-22,25H,3,8-16H2,1-2H3. The summed E-state index contributed by atoms with van der Waals surface area (Å²) in [6, 6.07) is 9.40. The fourth-order valence-electron chi connectivity index (χ4n) is 4.16. The highest BCUT2D eigenvalue weighted by Crippen LogP contribution is 2.23. The Balaban J connectivity index is 1.45. The van der Waals surface area contributed by atoms with Gasteiger partial charge in [-0.2, -0.15) is 0 Å². The van der Waals surface area contributed by atoms with E-state index in [1.165, 1.54) is 43.7 Å². The molecule has 0 saturated carbocycles. The monoisotopic (exact) mass is 345 g/mol. The minimum absolute atomic E-state index is 0.108. The Morgan fingerprint density at radius 3 is 2.52 bits per heavy atom. The van der Waals surface area contributed by atoms with Gasteiger partial charge in [0.15, 0.2) is 0 Å². The van der Waals surface area contributed by atoms with Crippen LogP contribution in [0.15, 0.2) is 24.3 Å². The van der Waals surface area contributed by atoms with Crippen LogP contribution in [0.3, 0.4) is 0 Å². The summed E-state index contributed by atoms with van der Waals surface area (Å²) in [4.78, 5) is 4.98. The third-order valence-corrected chi connectivity index (χ3v) is 5.85. The third kappa shape index (κ3) is 5.19. The zero-order valence-electron chi connectivity index (χ0n) is 16.0. The first-order valence-electron chi connectivity index (χ1n) is 10.1. The number of hydrogen-bond donors (Lipinski definition) is 2. The third-order valence-electron chi connectivity index (χ3n) is 5.85. The normalized spacial score (nSPS) is 24.0. The van der Waals surface area contributed by atoms with Crippen LogP contribution < -0.4 is 10.2 Å². The van der Waals surface area contributed by atoms with Gasteiger partial charge in [0.1, 0.15) is 0 Å². The molecule has 2 atom stereocenters. The molecule has 2 fully saturated rings. The summed E-state index contributed by atoms with van der Waals surface area (Å²) in [6.45, 7) is 11.4. The summed E-state index contributed by atoms with van der Waals surface area (Å²) in [5, 5.41) is 13.4. The lowest BCUT2D eigenvalue weighted by Gasteiger charge is -2.31. The smallest absolute Gasteiger partial charge is 0.0574 e. The summed E-state index contributed by atoms with van der Waals surface area (Å²) in [5.74, 6) is 0.799. The lowest BCUT2D eigenvalue weighted by atomic mass is 10.0. The Hall–Kier alpha value is -1.10. The van der Waals surface area contributed by atoms with Gasteiger partial charge in [-0.3, -0.25) is 0 Å². The molecule has 0 aromatic heterocycles. The van der Waals surface area contributed by atoms with Gasteiger partial charge >= 0.3 is 0 Å². The molecule has 4 heteroatoms. The molecule has 2 heterocycles. The minimum Gasteiger partial charge on any atom is -0.393 e. The number of nitrogens with zero attached hydrogens (tertiary/aromatic N) is 2. The van der Waals surface area contributed by atoms with Crippen LogP contribution in [0.5, 0.6) is 0 Å². The van der Waals surface area contributed by atoms with Crippen LogP contribution in [0.2, 0.25) is 0 Å². The van der Waals surface area contributed by atoms with Crippen molar-refractivity contribution in [3.8, 4) is 0 Å². The molecule has 25 heavy (non-hydrogen) atoms. The maximum absolute atomic E-state index is 9.65. The summed E-state index contributed by atoms with van der Waals surface area (Å²) >= 11 is 0. The lowest BCUT2D eigenvalue weighted by molar-refractivity contribution is 0.145. The number of nitrogens with one attached hydrogen (secondary N) is 1. The fourth-order valence-corrected chi connectivity index (χ4v) is 4.16. The predicted molar refractivity (Wildman–Crippen MR) is 105 cm³/mol. The average molecular weight is 346 g/mol. The number of aliphatic hydroxyl groups excluding tert-OH is 1. The molecule has 2 N–H and O–H groups in total. The molecule has 0 bridgehead atoms. The first kappa shape index (κ1) is 18.7. The van der Waals surface area contributed by atoms with Crippen LogP contribution in [-0.2, 0) is 0 Å². The number of aliphatic hydroxyl groups is 1. The van der Waals surface area contributed by atoms with E-state index in [1.807, 2.05) is 0 Å². The molecule has 1 aromatic carbocycles. The summed E-state index contributed by atoms with van der Waals surface area (Å²) < 4.78 is 0. The average Bonchev–Trinajstić information content (AvgIpc) is 3.08. The summed E-state index contributed by atoms with van der Waals surface area (Å²) in [7, 11) is 0. The van der Waals surface area contributed by atoms with Crippen molar-refractivity contribution in [3.63, 3.8) is 0 Å². The highest BCUT2D eigenvalue weighted by Gasteiger charge is 2.22. The van der Waals surface area contributed by atoms with Gasteiger partial charge < -0.3 is 20.2 Å². The summed E-state index contributed by atoms with van der Waals surface area (Å²) in [5.41, 5.74) is 2.65. The summed E-state index contributed by atoms with van der Waals surface area (Å²) in [6.07, 6.45) is 4.26. The van der Waals surface area contributed by atoms with E-state index in [1.54, 1.807) is 0 Å². The highest BCUT2D eigenvalue weighted by molar-refractivity contribution is 5.48. The van der Waals surface area contributed by atoms with Crippen molar-refractivity contribution in [1.82, 2.24) is 10.2 Å². The number of benzene rings is 1. The van der Waals surface area contributed by atoms with Crippen molar-refractivity contribution >= 4 is 5.69 Å². The largest absolute Gasteiger partial charge is 0.393 e. The van der Waals surface area contributed by atoms with E-state index in [2.05, 4.69) is 53.2 Å². The van der Waals surface area contributed by atoms with E-state index in [0.717, 1.165) is 38.4 Å². The SMILES string of the molecule is CCCN1CCC(CNC(C)c2ccc(N3CCC(O)CC3)cc2)C1. The topological polar surface area (TPSA) is 38.7 Å². The first-order chi connectivity index (χ1) is 12.2. The van der Waals surface area contributed by atoms with Crippen LogP contribution in [0.4, 0.5) is 5.69 Å². The van der Waals surface area contributed by atoms with Crippen molar-refractivity contribution in [2.75, 3.05) is 44.2 Å². The molecule has 0 radical (unpaired) electrons. The first-order valence-corrected chi connectivity index (χ1v) is 10.1. The Morgan fingerprint density at radius 2 is 1.84 bits per heavy atom. The van der Waals surface area contributed by atoms with E-state index < -0.39 is 0 Å². The molecule has 3 rings (SSSR count). The van der Waals surface area contributed by atoms with E-state index >= 15 is 0 Å². The maximum atomic E-state index is 9.65. The van der Waals surface area contributed by atoms with Gasteiger partial charge in [0.25, 0.3) is 0 Å². The van der Waals surface area contributed by atoms with Gasteiger partial charge in [-0.15, -0.1) is 0 Å². The molecule has 2 unspecified atom stereocenters. The molecule has 0 amide bonds. The van der Waals surface area contributed by atoms with Crippen molar-refractivity contribution in [2.45, 2.75) is 51.7 Å². The zero-order chi connectivity index (χ0) is 17.6. The van der Waals surface area contributed by atoms with E-state index in [-0.39, 0.29) is 6.10 Å². The predicted octanol–water partition coefficient (Wildman–Crippen LogP) is 3.03. The molecule has 140 valence electrons. The minimum atomic E-state index is -0.108. The van der Waals surface area contributed by atoms with E-state index in [4.69, 9.17) is 0 Å². The van der Waals surface area contributed by atoms with Gasteiger partial charge in [0.05, 0.1) is 6.10 Å². The lowest BCUT2D eigenvalue weighted by Crippen LogP contribution is -2.35. The highest BCUT2D eigenvalue weighted by atomic mass is 16.3. The number of likely N-dealkylation sites (tertiary alicyclic amines) is 1. The van der Waals surface area contributed by atoms with Crippen LogP contribution in [-0.4, -0.2) is 55.4 Å². The molecule has 2 aliphatic heterocycles. The van der Waals surface area contributed by atoms with Gasteiger partial charge in [-0.05, 0) is 75.9 Å². The molecular weight excluding hydrogens is 310 g/mol. The molecule has 0 aliphatic carbocycles. The Bertz CT molecular complexity index is 510. The van der Waals surface area contributed by atoms with Gasteiger partial charge in [0, 0.05) is 31.4 Å². The van der Waals surface area contributed by atoms with Gasteiger partial charge in [-0.1, -0.05) is 19.1 Å². The Labute approximate surface area is 153 Å². The van der Waals surface area contributed by atoms with Crippen LogP contribution in [0.25, 0.3) is 0 Å². The van der Waals surface area contributed by atoms with Crippen molar-refractivity contribution in [2.24, 2.45) is 5.92 Å². The molecule has 2 aliphatic rings. The maximum Gasteiger partial charge on any atom is 0.0574 e. The number of rotatable bonds is 7. The van der Waals surface area contributed by atoms with E-state index in [9.17, 15) is 5.11 Å². The zero-order valence-corrected chi connectivity index (χ0v) is 16.0. The van der Waals surface area contributed by atoms with Crippen molar-refractivity contribution in [1.29, 1.82) is 0 Å². The van der Waals surface area contributed by atoms with Gasteiger partial charge in [0.2, 0.25) is 0 Å². The molecule has 2 saturated heterocycles. The number of piperidine rings is 1. The van der Waals surface area contributed by atoms with Crippen molar-refractivity contribution in [3.05, 3.63) is 29.8 Å². The second-order valence-electron chi connectivity index (χ2n) is 7.89. The fraction of sp³-hybridized carbons (Fsp3) is 0.714. The second kappa shape index (κ2) is 9.02. The molecule has 0 spiro atoms. The van der Waals surface area contributed by atoms with Crippen LogP contribution in [0.1, 0.15) is 51.1 Å².